The summed E-state index contributed by atoms with van der Waals surface area (Å²) in [4.78, 5) is 12.1. The molecular formula is C17H15F3O5S. The van der Waals surface area contributed by atoms with Gasteiger partial charge in [0.1, 0.15) is 5.56 Å². The molecular weight excluding hydrogens is 373 g/mol. The van der Waals surface area contributed by atoms with E-state index in [1.165, 1.54) is 19.1 Å². The largest absolute Gasteiger partial charge is 0.534 e. The SMILES string of the molecule is CCOC(=O)c1cc(-c2ccc(C)cc2)ccc1OS(=O)(=O)C(F)(F)F. The first kappa shape index (κ1) is 19.8. The van der Waals surface area contributed by atoms with Gasteiger partial charge in [0.2, 0.25) is 0 Å². The highest BCUT2D eigenvalue weighted by Gasteiger charge is 2.49. The number of alkyl halides is 3. The van der Waals surface area contributed by atoms with Gasteiger partial charge in [0, 0.05) is 0 Å². The van der Waals surface area contributed by atoms with Crippen molar-refractivity contribution < 1.29 is 35.3 Å². The number of carbonyl (C=O) groups is 1. The molecule has 0 aliphatic heterocycles. The lowest BCUT2D eigenvalue weighted by Crippen LogP contribution is -2.28. The van der Waals surface area contributed by atoms with Crippen molar-refractivity contribution in [3.8, 4) is 16.9 Å². The van der Waals surface area contributed by atoms with Gasteiger partial charge in [-0.2, -0.15) is 21.6 Å². The van der Waals surface area contributed by atoms with Crippen LogP contribution in [0.25, 0.3) is 11.1 Å². The minimum absolute atomic E-state index is 0.0426. The van der Waals surface area contributed by atoms with Crippen molar-refractivity contribution in [2.75, 3.05) is 6.61 Å². The third-order valence-electron chi connectivity index (χ3n) is 3.34. The molecule has 0 saturated heterocycles. The number of ether oxygens (including phenoxy) is 1. The van der Waals surface area contributed by atoms with Crippen molar-refractivity contribution in [3.05, 3.63) is 53.6 Å². The maximum Gasteiger partial charge on any atom is 0.534 e. The second-order valence-electron chi connectivity index (χ2n) is 5.28. The molecule has 2 aromatic rings. The zero-order valence-corrected chi connectivity index (χ0v) is 14.6. The lowest BCUT2D eigenvalue weighted by atomic mass is 10.0. The summed E-state index contributed by atoms with van der Waals surface area (Å²) in [7, 11) is -5.91. The quantitative estimate of drug-likeness (QED) is 0.439. The standard InChI is InChI=1S/C17H15F3O5S/c1-3-24-16(21)14-10-13(12-6-4-11(2)5-7-12)8-9-15(14)25-26(22,23)17(18,19)20/h4-10H,3H2,1-2H3. The highest BCUT2D eigenvalue weighted by molar-refractivity contribution is 7.88. The van der Waals surface area contributed by atoms with Crippen LogP contribution < -0.4 is 4.18 Å². The maximum absolute atomic E-state index is 12.6. The van der Waals surface area contributed by atoms with E-state index in [4.69, 9.17) is 4.74 Å². The van der Waals surface area contributed by atoms with E-state index in [2.05, 4.69) is 4.18 Å². The van der Waals surface area contributed by atoms with Crippen molar-refractivity contribution in [1.29, 1.82) is 0 Å². The minimum atomic E-state index is -5.91. The van der Waals surface area contributed by atoms with E-state index >= 15 is 0 Å². The number of aryl methyl sites for hydroxylation is 1. The highest BCUT2D eigenvalue weighted by atomic mass is 32.2. The Kier molecular flexibility index (Phi) is 5.60. The Bertz CT molecular complexity index is 903. The van der Waals surface area contributed by atoms with Gasteiger partial charge >= 0.3 is 21.6 Å². The van der Waals surface area contributed by atoms with Crippen LogP contribution >= 0.6 is 0 Å². The van der Waals surface area contributed by atoms with E-state index in [9.17, 15) is 26.4 Å². The molecule has 2 aromatic carbocycles. The number of carbonyl (C=O) groups excluding carboxylic acids is 1. The van der Waals surface area contributed by atoms with E-state index in [0.717, 1.165) is 11.6 Å². The average Bonchev–Trinajstić information content (AvgIpc) is 2.55. The second kappa shape index (κ2) is 7.36. The van der Waals surface area contributed by atoms with Gasteiger partial charge in [0.25, 0.3) is 0 Å². The predicted molar refractivity (Wildman–Crippen MR) is 88.2 cm³/mol. The molecule has 140 valence electrons. The van der Waals surface area contributed by atoms with Crippen LogP contribution in [0.4, 0.5) is 13.2 Å². The lowest BCUT2D eigenvalue weighted by Gasteiger charge is -2.14. The topological polar surface area (TPSA) is 69.7 Å². The monoisotopic (exact) mass is 388 g/mol. The number of halogens is 3. The Labute approximate surface area is 148 Å². The van der Waals surface area contributed by atoms with Gasteiger partial charge < -0.3 is 8.92 Å². The summed E-state index contributed by atoms with van der Waals surface area (Å²) in [5, 5.41) is 0. The summed E-state index contributed by atoms with van der Waals surface area (Å²) in [6.07, 6.45) is 0. The smallest absolute Gasteiger partial charge is 0.462 e. The van der Waals surface area contributed by atoms with Gasteiger partial charge in [-0.3, -0.25) is 0 Å². The first-order valence-corrected chi connectivity index (χ1v) is 8.85. The predicted octanol–water partition coefficient (Wildman–Crippen LogP) is 4.07. The zero-order chi connectivity index (χ0) is 19.5. The second-order valence-corrected chi connectivity index (χ2v) is 6.82. The molecule has 0 unspecified atom stereocenters. The van der Waals surface area contributed by atoms with Gasteiger partial charge in [0.15, 0.2) is 5.75 Å². The third-order valence-corrected chi connectivity index (χ3v) is 4.31. The van der Waals surface area contributed by atoms with Crippen LogP contribution in [0.1, 0.15) is 22.8 Å². The first-order valence-electron chi connectivity index (χ1n) is 7.44. The van der Waals surface area contributed by atoms with Gasteiger partial charge in [-0.15, -0.1) is 0 Å². The van der Waals surface area contributed by atoms with Crippen LogP contribution in [-0.4, -0.2) is 26.5 Å². The van der Waals surface area contributed by atoms with E-state index < -0.39 is 32.9 Å². The highest BCUT2D eigenvalue weighted by Crippen LogP contribution is 2.32. The van der Waals surface area contributed by atoms with Gasteiger partial charge in [-0.1, -0.05) is 35.9 Å². The fraction of sp³-hybridized carbons (Fsp3) is 0.235. The summed E-state index contributed by atoms with van der Waals surface area (Å²) in [6, 6.07) is 10.7. The van der Waals surface area contributed by atoms with Crippen LogP contribution in [-0.2, 0) is 14.9 Å². The molecule has 0 atom stereocenters. The van der Waals surface area contributed by atoms with Gasteiger partial charge in [-0.05, 0) is 37.1 Å². The number of benzene rings is 2. The fourth-order valence-corrected chi connectivity index (χ4v) is 2.54. The summed E-state index contributed by atoms with van der Waals surface area (Å²) in [6.45, 7) is 3.35. The number of esters is 1. The van der Waals surface area contributed by atoms with Crippen molar-refractivity contribution in [3.63, 3.8) is 0 Å². The number of hydrogen-bond acceptors (Lipinski definition) is 5. The molecule has 0 N–H and O–H groups in total. The molecule has 0 fully saturated rings. The third kappa shape index (κ3) is 4.34. The molecule has 0 aliphatic carbocycles. The van der Waals surface area contributed by atoms with Crippen molar-refractivity contribution >= 4 is 16.1 Å². The minimum Gasteiger partial charge on any atom is -0.462 e. The Morgan fingerprint density at radius 1 is 1.04 bits per heavy atom. The zero-order valence-electron chi connectivity index (χ0n) is 13.8. The Morgan fingerprint density at radius 2 is 1.62 bits per heavy atom. The average molecular weight is 388 g/mol. The van der Waals surface area contributed by atoms with E-state index in [1.54, 1.807) is 12.1 Å². The van der Waals surface area contributed by atoms with Crippen LogP contribution in [0, 0.1) is 6.92 Å². The molecule has 26 heavy (non-hydrogen) atoms. The summed E-state index contributed by atoms with van der Waals surface area (Å²) in [5.74, 6) is -1.74. The van der Waals surface area contributed by atoms with Crippen LogP contribution in [0.5, 0.6) is 5.75 Å². The van der Waals surface area contributed by atoms with Crippen molar-refractivity contribution in [2.24, 2.45) is 0 Å². The normalized spacial score (nSPS) is 11.9. The molecule has 0 heterocycles. The molecule has 0 aliphatic rings. The molecule has 0 spiro atoms. The van der Waals surface area contributed by atoms with Crippen LogP contribution in [0.2, 0.25) is 0 Å². The Morgan fingerprint density at radius 3 is 2.15 bits per heavy atom. The van der Waals surface area contributed by atoms with Gasteiger partial charge in [0.05, 0.1) is 6.61 Å². The molecule has 0 aromatic heterocycles. The molecule has 0 saturated carbocycles. The molecule has 0 bridgehead atoms. The number of rotatable bonds is 5. The van der Waals surface area contributed by atoms with E-state index in [-0.39, 0.29) is 6.61 Å². The first-order chi connectivity index (χ1) is 12.0. The Balaban J connectivity index is 2.52. The fourth-order valence-electron chi connectivity index (χ4n) is 2.06. The molecule has 9 heteroatoms. The van der Waals surface area contributed by atoms with Crippen LogP contribution in [0.3, 0.4) is 0 Å². The lowest BCUT2D eigenvalue weighted by molar-refractivity contribution is -0.0500. The summed E-state index contributed by atoms with van der Waals surface area (Å²) < 4.78 is 69.1. The number of hydrogen-bond donors (Lipinski definition) is 0. The van der Waals surface area contributed by atoms with Crippen molar-refractivity contribution in [2.45, 2.75) is 19.4 Å². The molecule has 0 radical (unpaired) electrons. The van der Waals surface area contributed by atoms with Crippen LogP contribution in [0.15, 0.2) is 42.5 Å². The molecule has 0 amide bonds. The van der Waals surface area contributed by atoms with Crippen molar-refractivity contribution in [1.82, 2.24) is 0 Å². The molecule has 5 nitrogen and oxygen atoms in total. The maximum atomic E-state index is 12.6. The Hall–Kier alpha value is -2.55. The van der Waals surface area contributed by atoms with E-state index in [1.807, 2.05) is 19.1 Å². The summed E-state index contributed by atoms with van der Waals surface area (Å²) in [5.41, 5.74) is -3.86. The van der Waals surface area contributed by atoms with Gasteiger partial charge in [-0.25, -0.2) is 4.79 Å². The summed E-state index contributed by atoms with van der Waals surface area (Å²) >= 11 is 0. The van der Waals surface area contributed by atoms with E-state index in [0.29, 0.717) is 11.1 Å². The molecule has 2 rings (SSSR count).